The van der Waals surface area contributed by atoms with Gasteiger partial charge in [0.1, 0.15) is 5.56 Å². The van der Waals surface area contributed by atoms with Gasteiger partial charge in [0.25, 0.3) is 5.56 Å². The zero-order valence-electron chi connectivity index (χ0n) is 16.7. The van der Waals surface area contributed by atoms with Gasteiger partial charge in [-0.3, -0.25) is 23.5 Å². The van der Waals surface area contributed by atoms with E-state index in [4.69, 9.17) is 5.11 Å². The smallest absolute Gasteiger partial charge is 0.372 e. The van der Waals surface area contributed by atoms with E-state index in [1.165, 1.54) is 4.57 Å². The average molecular weight is 420 g/mol. The molecule has 3 aromatic rings. The van der Waals surface area contributed by atoms with Crippen LogP contribution in [0.2, 0.25) is 0 Å². The predicted molar refractivity (Wildman–Crippen MR) is 112 cm³/mol. The van der Waals surface area contributed by atoms with E-state index in [2.05, 4.69) is 0 Å². The molecule has 31 heavy (non-hydrogen) atoms. The van der Waals surface area contributed by atoms with Gasteiger partial charge in [0.15, 0.2) is 5.78 Å². The minimum absolute atomic E-state index is 0.0737. The topological polar surface area (TPSA) is 115 Å². The molecule has 1 heterocycles. The molecule has 1 aromatic heterocycles. The molecule has 1 N–H and O–H groups in total. The fraction of sp³-hybridized carbons (Fsp3) is 0.174. The molecular weight excluding hydrogens is 400 g/mol. The molecule has 0 fully saturated rings. The maximum Gasteiger partial charge on any atom is 0.372 e. The van der Waals surface area contributed by atoms with Crippen molar-refractivity contribution in [3.8, 4) is 0 Å². The Balaban J connectivity index is 2.14. The SMILES string of the molecule is CC(C(=O)C(=O)O)C(=O)c1cn(Cc2ccccc2)c(=O)n(Cc2ccccc2)c1=O. The van der Waals surface area contributed by atoms with Crippen molar-refractivity contribution in [2.45, 2.75) is 20.0 Å². The lowest BCUT2D eigenvalue weighted by atomic mass is 9.97. The number of hydrogen-bond donors (Lipinski definition) is 1. The molecule has 0 aliphatic heterocycles. The fourth-order valence-corrected chi connectivity index (χ4v) is 3.16. The highest BCUT2D eigenvalue weighted by atomic mass is 16.4. The third-order valence-electron chi connectivity index (χ3n) is 4.88. The summed E-state index contributed by atoms with van der Waals surface area (Å²) in [5.41, 5.74) is -0.456. The number of carboxylic acid groups (broad SMARTS) is 1. The molecule has 0 aliphatic carbocycles. The molecule has 0 amide bonds. The second kappa shape index (κ2) is 9.17. The Morgan fingerprint density at radius 2 is 1.39 bits per heavy atom. The Morgan fingerprint density at radius 1 is 0.871 bits per heavy atom. The van der Waals surface area contributed by atoms with Crippen molar-refractivity contribution in [3.63, 3.8) is 0 Å². The second-order valence-corrected chi connectivity index (χ2v) is 7.07. The maximum atomic E-state index is 13.0. The van der Waals surface area contributed by atoms with Crippen LogP contribution in [0.3, 0.4) is 0 Å². The summed E-state index contributed by atoms with van der Waals surface area (Å²) in [6, 6.07) is 17.7. The lowest BCUT2D eigenvalue weighted by molar-refractivity contribution is -0.150. The number of hydrogen-bond acceptors (Lipinski definition) is 5. The number of benzene rings is 2. The number of aromatic nitrogens is 2. The Morgan fingerprint density at radius 3 is 1.90 bits per heavy atom. The van der Waals surface area contributed by atoms with Crippen LogP contribution in [0.15, 0.2) is 76.4 Å². The molecule has 0 aliphatic rings. The van der Waals surface area contributed by atoms with Gasteiger partial charge in [-0.2, -0.15) is 0 Å². The van der Waals surface area contributed by atoms with Crippen molar-refractivity contribution in [1.82, 2.24) is 9.13 Å². The number of carbonyl (C=O) groups is 3. The van der Waals surface area contributed by atoms with Crippen LogP contribution in [0, 0.1) is 5.92 Å². The first kappa shape index (κ1) is 21.6. The number of ketones is 2. The zero-order valence-corrected chi connectivity index (χ0v) is 16.7. The molecule has 0 radical (unpaired) electrons. The first-order chi connectivity index (χ1) is 14.8. The van der Waals surface area contributed by atoms with Gasteiger partial charge in [-0.25, -0.2) is 9.59 Å². The molecule has 1 atom stereocenters. The van der Waals surface area contributed by atoms with Crippen molar-refractivity contribution in [3.05, 3.63) is 104 Å². The molecule has 1 unspecified atom stereocenters. The quantitative estimate of drug-likeness (QED) is 0.336. The van der Waals surface area contributed by atoms with Gasteiger partial charge in [-0.1, -0.05) is 60.7 Å². The summed E-state index contributed by atoms with van der Waals surface area (Å²) < 4.78 is 2.13. The highest BCUT2D eigenvalue weighted by Gasteiger charge is 2.30. The Labute approximate surface area is 177 Å². The second-order valence-electron chi connectivity index (χ2n) is 7.07. The van der Waals surface area contributed by atoms with E-state index in [9.17, 15) is 24.0 Å². The summed E-state index contributed by atoms with van der Waals surface area (Å²) in [6.07, 6.45) is 1.10. The lowest BCUT2D eigenvalue weighted by Gasteiger charge is -2.14. The molecule has 158 valence electrons. The van der Waals surface area contributed by atoms with Crippen LogP contribution < -0.4 is 11.2 Å². The first-order valence-corrected chi connectivity index (χ1v) is 9.53. The number of Topliss-reactive ketones (excluding diaryl/α,β-unsaturated/α-hetero) is 2. The van der Waals surface area contributed by atoms with Crippen molar-refractivity contribution < 1.29 is 19.5 Å². The van der Waals surface area contributed by atoms with Gasteiger partial charge >= 0.3 is 11.7 Å². The summed E-state index contributed by atoms with van der Waals surface area (Å²) in [5, 5.41) is 8.92. The predicted octanol–water partition coefficient (Wildman–Crippen LogP) is 1.58. The first-order valence-electron chi connectivity index (χ1n) is 9.53. The zero-order chi connectivity index (χ0) is 22.5. The van der Waals surface area contributed by atoms with Crippen LogP contribution in [0.1, 0.15) is 28.4 Å². The minimum Gasteiger partial charge on any atom is -0.475 e. The van der Waals surface area contributed by atoms with Crippen molar-refractivity contribution >= 4 is 17.5 Å². The van der Waals surface area contributed by atoms with E-state index in [0.717, 1.165) is 23.3 Å². The third-order valence-corrected chi connectivity index (χ3v) is 4.88. The maximum absolute atomic E-state index is 13.0. The van der Waals surface area contributed by atoms with Gasteiger partial charge in [0.05, 0.1) is 19.0 Å². The van der Waals surface area contributed by atoms with Gasteiger partial charge < -0.3 is 5.11 Å². The van der Waals surface area contributed by atoms with E-state index >= 15 is 0 Å². The van der Waals surface area contributed by atoms with Crippen molar-refractivity contribution in [2.75, 3.05) is 0 Å². The molecule has 2 aromatic carbocycles. The molecule has 0 saturated carbocycles. The van der Waals surface area contributed by atoms with Crippen molar-refractivity contribution in [2.24, 2.45) is 5.92 Å². The molecule has 0 saturated heterocycles. The summed E-state index contributed by atoms with van der Waals surface area (Å²) >= 11 is 0. The van der Waals surface area contributed by atoms with Gasteiger partial charge in [0, 0.05) is 6.20 Å². The number of carboxylic acids is 1. The third kappa shape index (κ3) is 4.75. The molecule has 3 rings (SSSR count). The van der Waals surface area contributed by atoms with Crippen LogP contribution >= 0.6 is 0 Å². The largest absolute Gasteiger partial charge is 0.475 e. The number of nitrogens with zero attached hydrogens (tertiary/aromatic N) is 2. The minimum atomic E-state index is -1.76. The van der Waals surface area contributed by atoms with E-state index in [-0.39, 0.29) is 13.1 Å². The highest BCUT2D eigenvalue weighted by molar-refractivity contribution is 6.38. The molecule has 8 heteroatoms. The van der Waals surface area contributed by atoms with Crippen molar-refractivity contribution in [1.29, 1.82) is 0 Å². The summed E-state index contributed by atoms with van der Waals surface area (Å²) in [5.74, 6) is -5.58. The van der Waals surface area contributed by atoms with Gasteiger partial charge in [0.2, 0.25) is 5.78 Å². The fourth-order valence-electron chi connectivity index (χ4n) is 3.16. The van der Waals surface area contributed by atoms with Crippen LogP contribution in [0.25, 0.3) is 0 Å². The summed E-state index contributed by atoms with van der Waals surface area (Å²) in [4.78, 5) is 61.6. The summed E-state index contributed by atoms with van der Waals surface area (Å²) in [7, 11) is 0. The van der Waals surface area contributed by atoms with E-state index < -0.39 is 40.3 Å². The lowest BCUT2D eigenvalue weighted by Crippen LogP contribution is -2.44. The number of carbonyl (C=O) groups excluding carboxylic acids is 2. The molecular formula is C23H20N2O6. The molecule has 0 bridgehead atoms. The van der Waals surface area contributed by atoms with Crippen LogP contribution in [-0.2, 0) is 22.7 Å². The highest BCUT2D eigenvalue weighted by Crippen LogP contribution is 2.09. The van der Waals surface area contributed by atoms with Crippen LogP contribution in [-0.4, -0.2) is 31.8 Å². The van der Waals surface area contributed by atoms with E-state index in [1.54, 1.807) is 54.6 Å². The standard InChI is InChI=1S/C23H20N2O6/c1-15(20(27)22(29)30)19(26)18-14-24(12-16-8-4-2-5-9-16)23(31)25(21(18)28)13-17-10-6-3-7-11-17/h2-11,14-15H,12-13H2,1H3,(H,29,30). The average Bonchev–Trinajstić information content (AvgIpc) is 2.78. The normalized spacial score (nSPS) is 11.6. The van der Waals surface area contributed by atoms with Crippen LogP contribution in [0.5, 0.6) is 0 Å². The van der Waals surface area contributed by atoms with Gasteiger partial charge in [-0.15, -0.1) is 0 Å². The Kier molecular flexibility index (Phi) is 6.40. The monoisotopic (exact) mass is 420 g/mol. The van der Waals surface area contributed by atoms with Crippen LogP contribution in [0.4, 0.5) is 0 Å². The Bertz CT molecular complexity index is 1240. The number of aliphatic carboxylic acids is 1. The van der Waals surface area contributed by atoms with Gasteiger partial charge in [-0.05, 0) is 18.1 Å². The Hall–Kier alpha value is -4.07. The number of rotatable bonds is 8. The van der Waals surface area contributed by atoms with E-state index in [1.807, 2.05) is 6.07 Å². The molecule has 0 spiro atoms. The molecule has 8 nitrogen and oxygen atoms in total. The summed E-state index contributed by atoms with van der Waals surface area (Å²) in [6.45, 7) is 1.15. The van der Waals surface area contributed by atoms with E-state index in [0.29, 0.717) is 5.56 Å².